The fourth-order valence-corrected chi connectivity index (χ4v) is 3.18. The minimum Gasteiger partial charge on any atom is -0.491 e. The second kappa shape index (κ2) is 8.32. The summed E-state index contributed by atoms with van der Waals surface area (Å²) in [7, 11) is 0. The van der Waals surface area contributed by atoms with Crippen LogP contribution in [0, 0.1) is 6.92 Å². The molecule has 0 saturated carbocycles. The summed E-state index contributed by atoms with van der Waals surface area (Å²) in [4.78, 5) is 4.78. The topological polar surface area (TPSA) is 35.9 Å². The predicted octanol–water partition coefficient (Wildman–Crippen LogP) is 2.67. The van der Waals surface area contributed by atoms with E-state index in [-0.39, 0.29) is 5.41 Å². The van der Waals surface area contributed by atoms with Gasteiger partial charge in [-0.1, -0.05) is 45.4 Å². The van der Waals surface area contributed by atoms with Gasteiger partial charge in [-0.15, -0.1) is 0 Å². The predicted molar refractivity (Wildman–Crippen MR) is 99.9 cm³/mol. The molecule has 4 heteroatoms. The molecule has 0 unspecified atom stereocenters. The molecule has 0 amide bonds. The maximum Gasteiger partial charge on any atom is 0.123 e. The van der Waals surface area contributed by atoms with Gasteiger partial charge in [-0.05, 0) is 30.5 Å². The number of nitrogens with zero attached hydrogens (tertiary/aromatic N) is 2. The number of aliphatic hydroxyl groups excluding tert-OH is 1. The number of hydrogen-bond donors (Lipinski definition) is 1. The minimum absolute atomic E-state index is 0.0305. The Morgan fingerprint density at radius 2 is 1.75 bits per heavy atom. The van der Waals surface area contributed by atoms with E-state index in [1.807, 2.05) is 6.07 Å². The number of aliphatic hydroxyl groups is 1. The van der Waals surface area contributed by atoms with Crippen molar-refractivity contribution >= 4 is 0 Å². The molecule has 1 aliphatic rings. The number of likely N-dealkylation sites (N-methyl/N-ethyl adjacent to an activating group) is 1. The zero-order chi connectivity index (χ0) is 17.7. The van der Waals surface area contributed by atoms with E-state index in [1.54, 1.807) is 0 Å². The normalized spacial score (nSPS) is 18.6. The smallest absolute Gasteiger partial charge is 0.123 e. The van der Waals surface area contributed by atoms with Crippen LogP contribution in [0.5, 0.6) is 5.75 Å². The third-order valence-electron chi connectivity index (χ3n) is 4.76. The molecule has 24 heavy (non-hydrogen) atoms. The number of benzene rings is 1. The van der Waals surface area contributed by atoms with Crippen molar-refractivity contribution in [1.29, 1.82) is 0 Å². The van der Waals surface area contributed by atoms with Crippen molar-refractivity contribution in [2.45, 2.75) is 46.1 Å². The second-order valence-electron chi connectivity index (χ2n) is 7.95. The first kappa shape index (κ1) is 19.2. The van der Waals surface area contributed by atoms with Gasteiger partial charge >= 0.3 is 0 Å². The number of β-amino-alcohol motifs (C(OH)–C–C–N with tert-alkyl or cyclic N) is 1. The lowest BCUT2D eigenvalue weighted by Gasteiger charge is -2.35. The van der Waals surface area contributed by atoms with E-state index in [1.165, 1.54) is 11.1 Å². The van der Waals surface area contributed by atoms with Gasteiger partial charge in [0.05, 0.1) is 0 Å². The van der Waals surface area contributed by atoms with Gasteiger partial charge in [-0.25, -0.2) is 0 Å². The van der Waals surface area contributed by atoms with Gasteiger partial charge in [0.15, 0.2) is 0 Å². The lowest BCUT2D eigenvalue weighted by molar-refractivity contribution is 0.0466. The van der Waals surface area contributed by atoms with Crippen LogP contribution in [0.1, 0.15) is 38.8 Å². The van der Waals surface area contributed by atoms with E-state index >= 15 is 0 Å². The van der Waals surface area contributed by atoms with Gasteiger partial charge in [-0.2, -0.15) is 0 Å². The molecule has 1 fully saturated rings. The molecule has 1 aromatic rings. The number of hydrogen-bond acceptors (Lipinski definition) is 4. The monoisotopic (exact) mass is 334 g/mol. The lowest BCUT2D eigenvalue weighted by atomic mass is 9.85. The van der Waals surface area contributed by atoms with Gasteiger partial charge < -0.3 is 14.7 Å². The molecule has 1 aromatic carbocycles. The van der Waals surface area contributed by atoms with Crippen LogP contribution in [-0.2, 0) is 5.41 Å². The highest BCUT2D eigenvalue weighted by Gasteiger charge is 2.21. The Kier molecular flexibility index (Phi) is 6.67. The molecule has 0 bridgehead atoms. The summed E-state index contributed by atoms with van der Waals surface area (Å²) in [6.07, 6.45) is -0.452. The number of ether oxygens (including phenoxy) is 1. The van der Waals surface area contributed by atoms with Crippen LogP contribution < -0.4 is 4.74 Å². The van der Waals surface area contributed by atoms with E-state index in [9.17, 15) is 5.11 Å². The largest absolute Gasteiger partial charge is 0.491 e. The van der Waals surface area contributed by atoms with Gasteiger partial charge in [0.1, 0.15) is 18.5 Å². The van der Waals surface area contributed by atoms with E-state index in [4.69, 9.17) is 4.74 Å². The molecule has 0 aliphatic carbocycles. The molecule has 0 spiro atoms. The number of piperazine rings is 1. The summed E-state index contributed by atoms with van der Waals surface area (Å²) in [5, 5.41) is 10.4. The van der Waals surface area contributed by atoms with Gasteiger partial charge in [-0.3, -0.25) is 4.90 Å². The van der Waals surface area contributed by atoms with Gasteiger partial charge in [0.25, 0.3) is 0 Å². The summed E-state index contributed by atoms with van der Waals surface area (Å²) < 4.78 is 5.98. The first-order valence-corrected chi connectivity index (χ1v) is 9.16. The third-order valence-corrected chi connectivity index (χ3v) is 4.76. The maximum absolute atomic E-state index is 10.4. The zero-order valence-electron chi connectivity index (χ0n) is 16.0. The Morgan fingerprint density at radius 3 is 2.33 bits per heavy atom. The first-order chi connectivity index (χ1) is 11.3. The van der Waals surface area contributed by atoms with Crippen LogP contribution in [0.2, 0.25) is 0 Å². The Bertz CT molecular complexity index is 517. The maximum atomic E-state index is 10.4. The van der Waals surface area contributed by atoms with Crippen molar-refractivity contribution in [2.24, 2.45) is 0 Å². The van der Waals surface area contributed by atoms with Crippen LogP contribution >= 0.6 is 0 Å². The van der Waals surface area contributed by atoms with Crippen molar-refractivity contribution in [3.63, 3.8) is 0 Å². The van der Waals surface area contributed by atoms with E-state index in [0.29, 0.717) is 13.2 Å². The highest BCUT2D eigenvalue weighted by Crippen LogP contribution is 2.32. The van der Waals surface area contributed by atoms with Crippen molar-refractivity contribution in [3.8, 4) is 5.75 Å². The van der Waals surface area contributed by atoms with Crippen LogP contribution in [0.25, 0.3) is 0 Å². The average Bonchev–Trinajstić information content (AvgIpc) is 2.53. The van der Waals surface area contributed by atoms with Crippen molar-refractivity contribution < 1.29 is 9.84 Å². The Hall–Kier alpha value is -1.10. The molecule has 1 heterocycles. The highest BCUT2D eigenvalue weighted by atomic mass is 16.5. The van der Waals surface area contributed by atoms with Crippen molar-refractivity contribution in [1.82, 2.24) is 9.80 Å². The average molecular weight is 335 g/mol. The second-order valence-corrected chi connectivity index (χ2v) is 7.95. The molecular formula is C20H34N2O2. The number of aryl methyl sites for hydroxylation is 1. The van der Waals surface area contributed by atoms with Crippen LogP contribution in [0.3, 0.4) is 0 Å². The van der Waals surface area contributed by atoms with Crippen LogP contribution in [0.15, 0.2) is 18.2 Å². The Morgan fingerprint density at radius 1 is 1.12 bits per heavy atom. The van der Waals surface area contributed by atoms with E-state index in [0.717, 1.165) is 38.5 Å². The first-order valence-electron chi connectivity index (χ1n) is 9.16. The molecule has 1 atom stereocenters. The third kappa shape index (κ3) is 5.47. The minimum atomic E-state index is -0.452. The quantitative estimate of drug-likeness (QED) is 0.868. The summed E-state index contributed by atoms with van der Waals surface area (Å²) in [5.74, 6) is 0.892. The molecule has 0 radical (unpaired) electrons. The standard InChI is InChI=1S/C20H34N2O2/c1-6-21-9-11-22(12-10-21)14-17(23)15-24-19-8-7-16(2)13-18(19)20(3,4)5/h7-8,13,17,23H,6,9-12,14-15H2,1-5H3/t17-/m1/s1. The van der Waals surface area contributed by atoms with Gasteiger partial charge in [0.2, 0.25) is 0 Å². The summed E-state index contributed by atoms with van der Waals surface area (Å²) >= 11 is 0. The van der Waals surface area contributed by atoms with Gasteiger partial charge in [0, 0.05) is 32.7 Å². The fraction of sp³-hybridized carbons (Fsp3) is 0.700. The molecular weight excluding hydrogens is 300 g/mol. The SMILES string of the molecule is CCN1CCN(C[C@@H](O)COc2ccc(C)cc2C(C)(C)C)CC1. The molecule has 0 aromatic heterocycles. The summed E-state index contributed by atoms with van der Waals surface area (Å²) in [6, 6.07) is 6.29. The molecule has 1 N–H and O–H groups in total. The van der Waals surface area contributed by atoms with Crippen LogP contribution in [0.4, 0.5) is 0 Å². The Labute approximate surface area is 147 Å². The molecule has 4 nitrogen and oxygen atoms in total. The van der Waals surface area contributed by atoms with Crippen molar-refractivity contribution in [3.05, 3.63) is 29.3 Å². The Balaban J connectivity index is 1.87. The van der Waals surface area contributed by atoms with E-state index in [2.05, 4.69) is 56.6 Å². The highest BCUT2D eigenvalue weighted by molar-refractivity contribution is 5.41. The number of rotatable bonds is 6. The van der Waals surface area contributed by atoms with Crippen LogP contribution in [-0.4, -0.2) is 66.9 Å². The zero-order valence-corrected chi connectivity index (χ0v) is 16.0. The van der Waals surface area contributed by atoms with E-state index < -0.39 is 6.10 Å². The molecule has 1 aliphatic heterocycles. The fourth-order valence-electron chi connectivity index (χ4n) is 3.18. The summed E-state index contributed by atoms with van der Waals surface area (Å²) in [6.45, 7) is 17.3. The van der Waals surface area contributed by atoms with Crippen molar-refractivity contribution in [2.75, 3.05) is 45.9 Å². The molecule has 136 valence electrons. The molecule has 2 rings (SSSR count). The lowest BCUT2D eigenvalue weighted by Crippen LogP contribution is -2.49. The summed E-state index contributed by atoms with van der Waals surface area (Å²) in [5.41, 5.74) is 2.47. The molecule has 1 saturated heterocycles.